The number of carbonyl (C=O) groups excluding carboxylic acids is 4. The van der Waals surface area contributed by atoms with Crippen molar-refractivity contribution in [1.29, 1.82) is 21.0 Å². The van der Waals surface area contributed by atoms with Gasteiger partial charge in [0.2, 0.25) is 0 Å². The van der Waals surface area contributed by atoms with Gasteiger partial charge in [-0.2, -0.15) is 21.0 Å². The van der Waals surface area contributed by atoms with Crippen LogP contribution < -0.4 is 0 Å². The number of nitrogens with zero attached hydrogens (tertiary/aromatic N) is 4. The van der Waals surface area contributed by atoms with Crippen molar-refractivity contribution >= 4 is 78.1 Å². The molecule has 0 radical (unpaired) electrons. The van der Waals surface area contributed by atoms with Gasteiger partial charge in [-0.3, -0.25) is 19.2 Å². The molecule has 0 fully saturated rings. The molecule has 2 heterocycles. The molecule has 3 aliphatic rings. The Kier molecular flexibility index (Phi) is 6.59. The molecule has 4 aromatic carbocycles. The number of fused-ring (bicyclic) bond motifs is 7. The first-order valence-electron chi connectivity index (χ1n) is 16.2. The van der Waals surface area contributed by atoms with Crippen molar-refractivity contribution in [3.8, 4) is 35.4 Å². The van der Waals surface area contributed by atoms with Crippen molar-refractivity contribution in [2.24, 2.45) is 0 Å². The topological polar surface area (TPSA) is 163 Å². The molecule has 0 aliphatic heterocycles. The number of Topliss-reactive ketones (excluding diaryl/α,β-unsaturated/α-hetero) is 4. The van der Waals surface area contributed by atoms with Gasteiger partial charge < -0.3 is 0 Å². The lowest BCUT2D eigenvalue weighted by atomic mass is 9.82. The van der Waals surface area contributed by atoms with Crippen LogP contribution in [0.5, 0.6) is 0 Å². The lowest BCUT2D eigenvalue weighted by Gasteiger charge is -2.21. The molecule has 0 atom stereocenters. The second kappa shape index (κ2) is 11.0. The quantitative estimate of drug-likeness (QED) is 0.127. The number of hydrogen-bond acceptors (Lipinski definition) is 10. The summed E-state index contributed by atoms with van der Waals surface area (Å²) >= 11 is 2.92. The summed E-state index contributed by atoms with van der Waals surface area (Å²) in [7, 11) is 0. The van der Waals surface area contributed by atoms with Crippen molar-refractivity contribution in [3.05, 3.63) is 137 Å². The number of rotatable bonds is 2. The lowest BCUT2D eigenvalue weighted by Crippen LogP contribution is -2.14. The number of nitriles is 4. The Morgan fingerprint density at radius 3 is 1.09 bits per heavy atom. The maximum absolute atomic E-state index is 13.3. The van der Waals surface area contributed by atoms with Crippen molar-refractivity contribution in [1.82, 2.24) is 0 Å². The summed E-state index contributed by atoms with van der Waals surface area (Å²) in [5.74, 6) is -1.88. The first kappa shape index (κ1) is 31.9. The molecule has 0 saturated carbocycles. The van der Waals surface area contributed by atoms with Crippen LogP contribution in [0.3, 0.4) is 0 Å². The molecule has 0 spiro atoms. The third kappa shape index (κ3) is 4.41. The second-order valence-corrected chi connectivity index (χ2v) is 15.8. The molecule has 246 valence electrons. The van der Waals surface area contributed by atoms with Gasteiger partial charge in [-0.1, -0.05) is 13.8 Å². The Hall–Kier alpha value is -7.08. The van der Waals surface area contributed by atoms with Gasteiger partial charge in [0.15, 0.2) is 23.1 Å². The molecular formula is C43H18N4O4S2. The van der Waals surface area contributed by atoms with Crippen LogP contribution in [0.1, 0.15) is 98.4 Å². The Balaban J connectivity index is 1.08. The number of thiophene rings is 2. The van der Waals surface area contributed by atoms with E-state index in [1.165, 1.54) is 46.9 Å². The van der Waals surface area contributed by atoms with Crippen LogP contribution in [0.4, 0.5) is 0 Å². The average molecular weight is 719 g/mol. The van der Waals surface area contributed by atoms with Crippen molar-refractivity contribution in [2.45, 2.75) is 19.3 Å². The molecule has 0 bridgehead atoms. The smallest absolute Gasteiger partial charge is 0.197 e. The van der Waals surface area contributed by atoms with Gasteiger partial charge in [-0.25, -0.2) is 0 Å². The highest BCUT2D eigenvalue weighted by Crippen LogP contribution is 2.52. The summed E-state index contributed by atoms with van der Waals surface area (Å²) in [6, 6.07) is 25.5. The minimum absolute atomic E-state index is 0.00154. The molecule has 0 N–H and O–H groups in total. The summed E-state index contributed by atoms with van der Waals surface area (Å²) < 4.78 is 1.95. The molecule has 2 aromatic heterocycles. The Morgan fingerprint density at radius 1 is 0.472 bits per heavy atom. The number of carbonyl (C=O) groups is 4. The SMILES string of the molecule is CC1(C)c2cc3cc(C=C4C(=O)c5cc(C#N)c(C#N)cc5C4=O)sc3cc2-c2cc3sc(C=C4C(=O)c5cc(C#N)c(C#N)cc5C4=O)cc3cc21. The van der Waals surface area contributed by atoms with Crippen LogP contribution in [0.2, 0.25) is 0 Å². The predicted molar refractivity (Wildman–Crippen MR) is 200 cm³/mol. The van der Waals surface area contributed by atoms with Crippen LogP contribution in [0, 0.1) is 45.3 Å². The standard InChI is InChI=1S/C43H18N4O4S2/c1-43(2)35-9-19-3-25(11-33-39(48)29-5-21(15-44)22(16-45)6-30(29)40(33)49)52-37(19)13-27(35)28-14-38-20(10-36(28)43)4-26(53-38)12-34-41(50)31-7-23(17-46)24(18-47)8-32(31)42(34)51/h3-14H,1-2H3. The van der Waals surface area contributed by atoms with E-state index in [2.05, 4.69) is 38.1 Å². The fourth-order valence-electron chi connectivity index (χ4n) is 7.64. The van der Waals surface area contributed by atoms with Crippen LogP contribution >= 0.6 is 22.7 Å². The third-order valence-electron chi connectivity index (χ3n) is 10.3. The molecule has 0 unspecified atom stereocenters. The Labute approximate surface area is 309 Å². The largest absolute Gasteiger partial charge is 0.288 e. The molecule has 6 aromatic rings. The van der Waals surface area contributed by atoms with E-state index in [1.807, 2.05) is 36.4 Å². The highest BCUT2D eigenvalue weighted by molar-refractivity contribution is 7.20. The van der Waals surface area contributed by atoms with Crippen LogP contribution in [-0.2, 0) is 5.41 Å². The molecule has 8 nitrogen and oxygen atoms in total. The van der Waals surface area contributed by atoms with Gasteiger partial charge in [-0.05, 0) is 106 Å². The minimum atomic E-state index is -0.469. The monoisotopic (exact) mass is 718 g/mol. The maximum atomic E-state index is 13.3. The van der Waals surface area contributed by atoms with Crippen molar-refractivity contribution in [2.75, 3.05) is 0 Å². The number of benzene rings is 4. The second-order valence-electron chi connectivity index (χ2n) is 13.6. The van der Waals surface area contributed by atoms with E-state index in [-0.39, 0.29) is 61.1 Å². The zero-order chi connectivity index (χ0) is 37.1. The number of ketones is 4. The van der Waals surface area contributed by atoms with Gasteiger partial charge in [0.25, 0.3) is 0 Å². The molecule has 3 aliphatic carbocycles. The molecule has 53 heavy (non-hydrogen) atoms. The first-order valence-corrected chi connectivity index (χ1v) is 17.8. The van der Waals surface area contributed by atoms with E-state index in [0.29, 0.717) is 0 Å². The molecular weight excluding hydrogens is 701 g/mol. The van der Waals surface area contributed by atoms with E-state index < -0.39 is 23.1 Å². The number of allylic oxidation sites excluding steroid dienone is 2. The Morgan fingerprint density at radius 2 is 0.792 bits per heavy atom. The van der Waals surface area contributed by atoms with Gasteiger partial charge in [0.1, 0.15) is 24.3 Å². The van der Waals surface area contributed by atoms with E-state index in [0.717, 1.165) is 52.2 Å². The summed E-state index contributed by atoms with van der Waals surface area (Å²) in [6.45, 7) is 4.33. The predicted octanol–water partition coefficient (Wildman–Crippen LogP) is 8.83. The van der Waals surface area contributed by atoms with Gasteiger partial charge in [-0.15, -0.1) is 22.7 Å². The lowest BCUT2D eigenvalue weighted by molar-refractivity contribution is 0.0975. The van der Waals surface area contributed by atoms with Gasteiger partial charge >= 0.3 is 0 Å². The van der Waals surface area contributed by atoms with E-state index >= 15 is 0 Å². The minimum Gasteiger partial charge on any atom is -0.288 e. The summed E-state index contributed by atoms with van der Waals surface area (Å²) in [5, 5.41) is 39.6. The highest BCUT2D eigenvalue weighted by atomic mass is 32.1. The summed E-state index contributed by atoms with van der Waals surface area (Å²) in [6.07, 6.45) is 3.18. The fraction of sp³-hybridized carbons (Fsp3) is 0.0698. The summed E-state index contributed by atoms with van der Waals surface area (Å²) in [4.78, 5) is 54.6. The zero-order valence-corrected chi connectivity index (χ0v) is 29.3. The Bertz CT molecular complexity index is 2790. The highest BCUT2D eigenvalue weighted by Gasteiger charge is 2.38. The maximum Gasteiger partial charge on any atom is 0.197 e. The van der Waals surface area contributed by atoms with Crippen molar-refractivity contribution in [3.63, 3.8) is 0 Å². The van der Waals surface area contributed by atoms with Gasteiger partial charge in [0.05, 0.1) is 33.4 Å². The third-order valence-corrected chi connectivity index (χ3v) is 12.4. The molecule has 9 rings (SSSR count). The summed E-state index contributed by atoms with van der Waals surface area (Å²) in [5.41, 5.74) is 4.78. The van der Waals surface area contributed by atoms with E-state index in [4.69, 9.17) is 0 Å². The van der Waals surface area contributed by atoms with Crippen LogP contribution in [-0.4, -0.2) is 23.1 Å². The first-order chi connectivity index (χ1) is 25.4. The van der Waals surface area contributed by atoms with Crippen molar-refractivity contribution < 1.29 is 19.2 Å². The molecule has 0 saturated heterocycles. The van der Waals surface area contributed by atoms with Crippen LogP contribution in [0.25, 0.3) is 43.5 Å². The fourth-order valence-corrected chi connectivity index (χ4v) is 9.69. The van der Waals surface area contributed by atoms with E-state index in [9.17, 15) is 40.2 Å². The van der Waals surface area contributed by atoms with Crippen LogP contribution in [0.15, 0.2) is 71.8 Å². The normalized spacial score (nSPS) is 14.8. The average Bonchev–Trinajstić information content (AvgIpc) is 3.91. The van der Waals surface area contributed by atoms with Gasteiger partial charge in [0, 0.05) is 46.8 Å². The molecule has 0 amide bonds. The number of hydrogen-bond donors (Lipinski definition) is 0. The van der Waals surface area contributed by atoms with E-state index in [1.54, 1.807) is 12.2 Å². The molecule has 10 heteroatoms. The zero-order valence-electron chi connectivity index (χ0n) is 27.7.